The molecule has 1 saturated heterocycles. The van der Waals surface area contributed by atoms with Crippen LogP contribution >= 0.6 is 0 Å². The van der Waals surface area contributed by atoms with Crippen molar-refractivity contribution in [3.8, 4) is 0 Å². The second kappa shape index (κ2) is 30.7. The SMILES string of the molecule is CCCCCCCCC(CCCCCCCC)OC(=O)CCCCCCCN(CCCCCCCC)CCCN1C(=O)CNC1=O. The molecule has 0 aromatic heterocycles. The van der Waals surface area contributed by atoms with Gasteiger partial charge >= 0.3 is 12.0 Å². The van der Waals surface area contributed by atoms with Gasteiger partial charge in [-0.1, -0.05) is 136 Å². The average Bonchev–Trinajstić information content (AvgIpc) is 3.37. The third-order valence-corrected chi connectivity index (χ3v) is 9.53. The van der Waals surface area contributed by atoms with E-state index in [1.165, 1.54) is 127 Å². The fourth-order valence-electron chi connectivity index (χ4n) is 6.53. The van der Waals surface area contributed by atoms with E-state index >= 15 is 0 Å². The Bertz CT molecular complexity index is 715. The van der Waals surface area contributed by atoms with Crippen molar-refractivity contribution in [2.75, 3.05) is 32.7 Å². The van der Waals surface area contributed by atoms with Gasteiger partial charge in [-0.2, -0.15) is 0 Å². The van der Waals surface area contributed by atoms with Gasteiger partial charge in [0.25, 0.3) is 0 Å². The molecule has 1 aliphatic rings. The zero-order valence-electron chi connectivity index (χ0n) is 30.7. The quantitative estimate of drug-likeness (QED) is 0.0426. The highest BCUT2D eigenvalue weighted by molar-refractivity contribution is 6.01. The van der Waals surface area contributed by atoms with Crippen LogP contribution in [0.2, 0.25) is 0 Å². The Morgan fingerprint density at radius 3 is 1.54 bits per heavy atom. The number of esters is 1. The Balaban J connectivity index is 2.30. The van der Waals surface area contributed by atoms with Crippen LogP contribution in [0.3, 0.4) is 0 Å². The molecule has 0 aromatic rings. The lowest BCUT2D eigenvalue weighted by Gasteiger charge is -2.23. The van der Waals surface area contributed by atoms with Crippen LogP contribution in [-0.4, -0.2) is 66.5 Å². The Morgan fingerprint density at radius 2 is 1.07 bits per heavy atom. The zero-order valence-corrected chi connectivity index (χ0v) is 30.7. The number of urea groups is 1. The van der Waals surface area contributed by atoms with E-state index in [9.17, 15) is 14.4 Å². The first-order valence-corrected chi connectivity index (χ1v) is 20.0. The molecule has 0 unspecified atom stereocenters. The fraction of sp³-hybridized carbons (Fsp3) is 0.923. The van der Waals surface area contributed by atoms with E-state index in [2.05, 4.69) is 31.0 Å². The first-order valence-electron chi connectivity index (χ1n) is 20.0. The van der Waals surface area contributed by atoms with Gasteiger partial charge in [0.2, 0.25) is 5.91 Å². The summed E-state index contributed by atoms with van der Waals surface area (Å²) in [5.41, 5.74) is 0. The summed E-state index contributed by atoms with van der Waals surface area (Å²) in [4.78, 5) is 40.4. The van der Waals surface area contributed by atoms with E-state index in [0.717, 1.165) is 64.6 Å². The number of imide groups is 1. The van der Waals surface area contributed by atoms with Crippen LogP contribution in [0, 0.1) is 0 Å². The van der Waals surface area contributed by atoms with Crippen molar-refractivity contribution in [1.82, 2.24) is 15.1 Å². The summed E-state index contributed by atoms with van der Waals surface area (Å²) in [5, 5.41) is 2.62. The maximum atomic E-state index is 12.7. The van der Waals surface area contributed by atoms with Crippen LogP contribution in [-0.2, 0) is 14.3 Å². The van der Waals surface area contributed by atoms with Crippen molar-refractivity contribution in [2.24, 2.45) is 0 Å². The topological polar surface area (TPSA) is 79.0 Å². The normalized spacial score (nSPS) is 13.4. The van der Waals surface area contributed by atoms with Crippen molar-refractivity contribution in [3.63, 3.8) is 0 Å². The molecule has 1 rings (SSSR count). The molecule has 0 atom stereocenters. The molecule has 1 heterocycles. The predicted molar refractivity (Wildman–Crippen MR) is 193 cm³/mol. The molecule has 0 bridgehead atoms. The number of unbranched alkanes of at least 4 members (excludes halogenated alkanes) is 19. The highest BCUT2D eigenvalue weighted by atomic mass is 16.5. The largest absolute Gasteiger partial charge is 0.462 e. The Morgan fingerprint density at radius 1 is 0.630 bits per heavy atom. The monoisotopic (exact) mass is 650 g/mol. The van der Waals surface area contributed by atoms with E-state index < -0.39 is 0 Å². The molecule has 0 aromatic carbocycles. The first-order chi connectivity index (χ1) is 22.5. The summed E-state index contributed by atoms with van der Waals surface area (Å²) in [5.74, 6) is -0.0975. The second-order valence-electron chi connectivity index (χ2n) is 13.9. The summed E-state index contributed by atoms with van der Waals surface area (Å²) in [7, 11) is 0. The number of rotatable bonds is 34. The van der Waals surface area contributed by atoms with E-state index in [0.29, 0.717) is 13.0 Å². The lowest BCUT2D eigenvalue weighted by atomic mass is 10.0. The van der Waals surface area contributed by atoms with Crippen LogP contribution in [0.4, 0.5) is 4.79 Å². The Hall–Kier alpha value is -1.63. The molecule has 270 valence electrons. The van der Waals surface area contributed by atoms with Crippen molar-refractivity contribution >= 4 is 17.9 Å². The van der Waals surface area contributed by atoms with Crippen molar-refractivity contribution in [1.29, 1.82) is 0 Å². The van der Waals surface area contributed by atoms with Gasteiger partial charge in [-0.15, -0.1) is 0 Å². The third kappa shape index (κ3) is 23.7. The molecule has 1 fully saturated rings. The smallest absolute Gasteiger partial charge is 0.324 e. The molecule has 7 heteroatoms. The van der Waals surface area contributed by atoms with Crippen LogP contribution in [0.1, 0.15) is 194 Å². The summed E-state index contributed by atoms with van der Waals surface area (Å²) in [6.45, 7) is 10.5. The van der Waals surface area contributed by atoms with Crippen LogP contribution in [0.25, 0.3) is 0 Å². The van der Waals surface area contributed by atoms with Gasteiger partial charge < -0.3 is 15.0 Å². The van der Waals surface area contributed by atoms with Crippen LogP contribution in [0.15, 0.2) is 0 Å². The van der Waals surface area contributed by atoms with E-state index in [1.54, 1.807) is 0 Å². The third-order valence-electron chi connectivity index (χ3n) is 9.53. The summed E-state index contributed by atoms with van der Waals surface area (Å²) >= 11 is 0. The molecule has 0 radical (unpaired) electrons. The Labute approximate surface area is 284 Å². The molecule has 0 aliphatic carbocycles. The van der Waals surface area contributed by atoms with Gasteiger partial charge in [0.05, 0.1) is 6.54 Å². The molecule has 46 heavy (non-hydrogen) atoms. The minimum absolute atomic E-state index is 0.0113. The molecule has 0 saturated carbocycles. The van der Waals surface area contributed by atoms with Gasteiger partial charge in [0.15, 0.2) is 0 Å². The number of ether oxygens (including phenoxy) is 1. The lowest BCUT2D eigenvalue weighted by Crippen LogP contribution is -2.35. The molecule has 7 nitrogen and oxygen atoms in total. The van der Waals surface area contributed by atoms with Gasteiger partial charge in [-0.25, -0.2) is 4.79 Å². The summed E-state index contributed by atoms with van der Waals surface area (Å²) in [6.07, 6.45) is 32.1. The molecule has 1 aliphatic heterocycles. The van der Waals surface area contributed by atoms with Crippen molar-refractivity contribution in [2.45, 2.75) is 200 Å². The number of carbonyl (C=O) groups is 3. The number of nitrogens with one attached hydrogen (secondary N) is 1. The van der Waals surface area contributed by atoms with Crippen molar-refractivity contribution < 1.29 is 19.1 Å². The maximum absolute atomic E-state index is 12.7. The molecular formula is C39H75N3O4. The Kier molecular flexibility index (Phi) is 28.3. The number of carbonyl (C=O) groups excluding carboxylic acids is 3. The minimum Gasteiger partial charge on any atom is -0.462 e. The minimum atomic E-state index is -0.248. The number of hydrogen-bond acceptors (Lipinski definition) is 5. The second-order valence-corrected chi connectivity index (χ2v) is 13.9. The number of hydrogen-bond donors (Lipinski definition) is 1. The standard InChI is InChI=1S/C39H75N3O4/c1-4-7-10-13-17-22-28-36(29-23-18-14-11-8-5-2)46-38(44)30-24-19-16-21-26-32-41(31-25-20-15-12-9-6-3)33-27-34-42-37(43)35-40-39(42)45/h36H,4-35H2,1-3H3,(H,40,45). The predicted octanol–water partition coefficient (Wildman–Crippen LogP) is 10.3. The molecule has 3 amide bonds. The zero-order chi connectivity index (χ0) is 33.5. The first kappa shape index (κ1) is 42.4. The maximum Gasteiger partial charge on any atom is 0.324 e. The molecule has 1 N–H and O–H groups in total. The molecule has 0 spiro atoms. The van der Waals surface area contributed by atoms with Gasteiger partial charge in [0.1, 0.15) is 6.10 Å². The van der Waals surface area contributed by atoms with Crippen molar-refractivity contribution in [3.05, 3.63) is 0 Å². The van der Waals surface area contributed by atoms with E-state index in [4.69, 9.17) is 4.74 Å². The van der Waals surface area contributed by atoms with Crippen LogP contribution in [0.5, 0.6) is 0 Å². The highest BCUT2D eigenvalue weighted by Crippen LogP contribution is 2.18. The van der Waals surface area contributed by atoms with Crippen LogP contribution < -0.4 is 5.32 Å². The molecular weight excluding hydrogens is 574 g/mol. The summed E-state index contributed by atoms with van der Waals surface area (Å²) in [6, 6.07) is -0.248. The van der Waals surface area contributed by atoms with Gasteiger partial charge in [-0.3, -0.25) is 14.5 Å². The lowest BCUT2D eigenvalue weighted by molar-refractivity contribution is -0.150. The average molecular weight is 650 g/mol. The van der Waals surface area contributed by atoms with E-state index in [1.807, 2.05) is 0 Å². The van der Waals surface area contributed by atoms with Gasteiger partial charge in [0, 0.05) is 13.0 Å². The highest BCUT2D eigenvalue weighted by Gasteiger charge is 2.27. The number of nitrogens with zero attached hydrogens (tertiary/aromatic N) is 2. The van der Waals surface area contributed by atoms with Gasteiger partial charge in [-0.05, 0) is 71.0 Å². The van der Waals surface area contributed by atoms with E-state index in [-0.39, 0.29) is 30.6 Å². The summed E-state index contributed by atoms with van der Waals surface area (Å²) < 4.78 is 6.03. The fourth-order valence-corrected chi connectivity index (χ4v) is 6.53. The number of amides is 3.